The molecule has 1 saturated heterocycles. The van der Waals surface area contributed by atoms with Crippen LogP contribution >= 0.6 is 0 Å². The van der Waals surface area contributed by atoms with Crippen molar-refractivity contribution in [1.82, 2.24) is 4.90 Å². The quantitative estimate of drug-likeness (QED) is 0.668. The lowest BCUT2D eigenvalue weighted by Gasteiger charge is -2.28. The molecule has 1 aliphatic heterocycles. The SMILES string of the molecule is CC1CCN(CC(C)(C)C=O)CC(C)O1. The van der Waals surface area contributed by atoms with Crippen molar-refractivity contribution >= 4 is 6.29 Å². The predicted octanol–water partition coefficient (Wildman–Crippen LogP) is 1.71. The van der Waals surface area contributed by atoms with Crippen LogP contribution in [-0.4, -0.2) is 43.0 Å². The van der Waals surface area contributed by atoms with Crippen molar-refractivity contribution in [3.8, 4) is 0 Å². The zero-order valence-electron chi connectivity index (χ0n) is 10.3. The van der Waals surface area contributed by atoms with Crippen molar-refractivity contribution < 1.29 is 9.53 Å². The van der Waals surface area contributed by atoms with E-state index < -0.39 is 0 Å². The molecule has 1 rings (SSSR count). The van der Waals surface area contributed by atoms with Crippen LogP contribution in [0.1, 0.15) is 34.1 Å². The van der Waals surface area contributed by atoms with Gasteiger partial charge in [-0.15, -0.1) is 0 Å². The van der Waals surface area contributed by atoms with Crippen molar-refractivity contribution in [3.63, 3.8) is 0 Å². The van der Waals surface area contributed by atoms with Gasteiger partial charge in [0.1, 0.15) is 6.29 Å². The molecule has 0 aromatic heterocycles. The highest BCUT2D eigenvalue weighted by molar-refractivity contribution is 5.58. The molecular weight excluding hydrogens is 190 g/mol. The summed E-state index contributed by atoms with van der Waals surface area (Å²) >= 11 is 0. The summed E-state index contributed by atoms with van der Waals surface area (Å²) in [6, 6.07) is 0. The van der Waals surface area contributed by atoms with Crippen LogP contribution in [0.2, 0.25) is 0 Å². The molecule has 0 aromatic rings. The van der Waals surface area contributed by atoms with Gasteiger partial charge in [-0.05, 0) is 20.3 Å². The molecule has 0 bridgehead atoms. The van der Waals surface area contributed by atoms with Crippen LogP contribution in [0, 0.1) is 5.41 Å². The summed E-state index contributed by atoms with van der Waals surface area (Å²) < 4.78 is 5.76. The molecule has 88 valence electrons. The minimum Gasteiger partial charge on any atom is -0.374 e. The Morgan fingerprint density at radius 2 is 2.07 bits per heavy atom. The minimum absolute atomic E-state index is 0.243. The molecule has 3 heteroatoms. The van der Waals surface area contributed by atoms with Gasteiger partial charge in [-0.3, -0.25) is 4.90 Å². The smallest absolute Gasteiger partial charge is 0.126 e. The molecule has 1 heterocycles. The summed E-state index contributed by atoms with van der Waals surface area (Å²) in [5, 5.41) is 0. The molecule has 0 aliphatic carbocycles. The molecule has 0 spiro atoms. The molecule has 3 nitrogen and oxygen atoms in total. The van der Waals surface area contributed by atoms with Gasteiger partial charge < -0.3 is 9.53 Å². The summed E-state index contributed by atoms with van der Waals surface area (Å²) in [7, 11) is 0. The van der Waals surface area contributed by atoms with Gasteiger partial charge in [0.05, 0.1) is 12.2 Å². The van der Waals surface area contributed by atoms with Gasteiger partial charge in [0, 0.05) is 25.0 Å². The van der Waals surface area contributed by atoms with Gasteiger partial charge in [-0.2, -0.15) is 0 Å². The summed E-state index contributed by atoms with van der Waals surface area (Å²) in [6.45, 7) is 11.0. The van der Waals surface area contributed by atoms with Crippen LogP contribution < -0.4 is 0 Å². The maximum absolute atomic E-state index is 10.9. The molecular formula is C12H23NO2. The fraction of sp³-hybridized carbons (Fsp3) is 0.917. The zero-order valence-corrected chi connectivity index (χ0v) is 10.3. The summed E-state index contributed by atoms with van der Waals surface area (Å²) in [4.78, 5) is 13.2. The van der Waals surface area contributed by atoms with Crippen LogP contribution in [0.4, 0.5) is 0 Å². The summed E-state index contributed by atoms with van der Waals surface area (Å²) in [5.41, 5.74) is -0.243. The number of carbonyl (C=O) groups is 1. The van der Waals surface area contributed by atoms with Gasteiger partial charge >= 0.3 is 0 Å². The average molecular weight is 213 g/mol. The first-order chi connectivity index (χ1) is 6.93. The number of rotatable bonds is 3. The summed E-state index contributed by atoms with van der Waals surface area (Å²) in [6.07, 6.45) is 2.71. The molecule has 1 fully saturated rings. The van der Waals surface area contributed by atoms with Crippen LogP contribution in [0.15, 0.2) is 0 Å². The Hall–Kier alpha value is -0.410. The highest BCUT2D eigenvalue weighted by Gasteiger charge is 2.25. The topological polar surface area (TPSA) is 29.5 Å². The number of carbonyl (C=O) groups excluding carboxylic acids is 1. The molecule has 0 saturated carbocycles. The Morgan fingerprint density at radius 1 is 1.40 bits per heavy atom. The highest BCUT2D eigenvalue weighted by atomic mass is 16.5. The van der Waals surface area contributed by atoms with Crippen LogP contribution in [0.3, 0.4) is 0 Å². The van der Waals surface area contributed by atoms with E-state index in [1.165, 1.54) is 0 Å². The van der Waals surface area contributed by atoms with Crippen molar-refractivity contribution in [1.29, 1.82) is 0 Å². The molecule has 0 amide bonds. The highest BCUT2D eigenvalue weighted by Crippen LogP contribution is 2.17. The second kappa shape index (κ2) is 5.08. The van der Waals surface area contributed by atoms with Gasteiger partial charge in [-0.25, -0.2) is 0 Å². The minimum atomic E-state index is -0.243. The Balaban J connectivity index is 2.51. The third-order valence-corrected chi connectivity index (χ3v) is 2.78. The number of hydrogen-bond donors (Lipinski definition) is 0. The summed E-state index contributed by atoms with van der Waals surface area (Å²) in [5.74, 6) is 0. The van der Waals surface area contributed by atoms with E-state index in [0.29, 0.717) is 6.10 Å². The first-order valence-electron chi connectivity index (χ1n) is 5.77. The van der Waals surface area contributed by atoms with Gasteiger partial charge in [0.15, 0.2) is 0 Å². The first-order valence-corrected chi connectivity index (χ1v) is 5.77. The van der Waals surface area contributed by atoms with Crippen LogP contribution in [0.5, 0.6) is 0 Å². The van der Waals surface area contributed by atoms with Crippen LogP contribution in [0.25, 0.3) is 0 Å². The van der Waals surface area contributed by atoms with E-state index in [4.69, 9.17) is 4.74 Å². The number of ether oxygens (including phenoxy) is 1. The van der Waals surface area contributed by atoms with E-state index in [-0.39, 0.29) is 11.5 Å². The van der Waals surface area contributed by atoms with E-state index in [9.17, 15) is 4.79 Å². The van der Waals surface area contributed by atoms with Crippen molar-refractivity contribution in [2.75, 3.05) is 19.6 Å². The monoisotopic (exact) mass is 213 g/mol. The Labute approximate surface area is 92.8 Å². The first kappa shape index (κ1) is 12.7. The molecule has 1 aliphatic rings. The Kier molecular flexibility index (Phi) is 4.29. The molecule has 0 radical (unpaired) electrons. The Bertz CT molecular complexity index is 216. The van der Waals surface area contributed by atoms with Crippen LogP contribution in [-0.2, 0) is 9.53 Å². The molecule has 15 heavy (non-hydrogen) atoms. The zero-order chi connectivity index (χ0) is 11.5. The fourth-order valence-corrected chi connectivity index (χ4v) is 2.08. The molecule has 0 N–H and O–H groups in total. The lowest BCUT2D eigenvalue weighted by atomic mass is 9.95. The lowest BCUT2D eigenvalue weighted by Crippen LogP contribution is -2.38. The van der Waals surface area contributed by atoms with E-state index in [0.717, 1.165) is 32.3 Å². The number of hydrogen-bond acceptors (Lipinski definition) is 3. The largest absolute Gasteiger partial charge is 0.374 e. The van der Waals surface area contributed by atoms with E-state index >= 15 is 0 Å². The third-order valence-electron chi connectivity index (χ3n) is 2.78. The fourth-order valence-electron chi connectivity index (χ4n) is 2.08. The van der Waals surface area contributed by atoms with E-state index in [1.54, 1.807) is 0 Å². The maximum atomic E-state index is 10.9. The molecule has 2 unspecified atom stereocenters. The number of nitrogens with zero attached hydrogens (tertiary/aromatic N) is 1. The second-order valence-corrected chi connectivity index (χ2v) is 5.39. The normalized spacial score (nSPS) is 29.9. The van der Waals surface area contributed by atoms with Crippen molar-refractivity contribution in [3.05, 3.63) is 0 Å². The second-order valence-electron chi connectivity index (χ2n) is 5.39. The number of aldehydes is 1. The standard InChI is InChI=1S/C12H23NO2/c1-10-5-6-13(7-11(2)15-10)8-12(3,4)9-14/h9-11H,5-8H2,1-4H3. The molecule has 0 aromatic carbocycles. The van der Waals surface area contributed by atoms with Gasteiger partial charge in [-0.1, -0.05) is 13.8 Å². The van der Waals surface area contributed by atoms with Gasteiger partial charge in [0.2, 0.25) is 0 Å². The lowest BCUT2D eigenvalue weighted by molar-refractivity contribution is -0.115. The van der Waals surface area contributed by atoms with E-state index in [1.807, 2.05) is 13.8 Å². The van der Waals surface area contributed by atoms with Crippen molar-refractivity contribution in [2.45, 2.75) is 46.3 Å². The predicted molar refractivity (Wildman–Crippen MR) is 60.9 cm³/mol. The maximum Gasteiger partial charge on any atom is 0.126 e. The van der Waals surface area contributed by atoms with Crippen molar-refractivity contribution in [2.24, 2.45) is 5.41 Å². The molecule has 2 atom stereocenters. The Morgan fingerprint density at radius 3 is 2.67 bits per heavy atom. The third kappa shape index (κ3) is 4.31. The average Bonchev–Trinajstić information content (AvgIpc) is 2.27. The van der Waals surface area contributed by atoms with Gasteiger partial charge in [0.25, 0.3) is 0 Å². The van der Waals surface area contributed by atoms with E-state index in [2.05, 4.69) is 18.7 Å².